The van der Waals surface area contributed by atoms with Crippen LogP contribution >= 0.6 is 0 Å². The monoisotopic (exact) mass is 195 g/mol. The maximum Gasteiger partial charge on any atom is 0.130 e. The highest BCUT2D eigenvalue weighted by Gasteiger charge is 2.23. The maximum atomic E-state index is 5.69. The predicted molar refractivity (Wildman–Crippen MR) is 55.0 cm³/mol. The number of allylic oxidation sites excluding steroid dienone is 1. The fourth-order valence-corrected chi connectivity index (χ4v) is 1.85. The van der Waals surface area contributed by atoms with Crippen molar-refractivity contribution >= 4 is 0 Å². The Morgan fingerprint density at radius 1 is 1.50 bits per heavy atom. The average molecular weight is 195 g/mol. The van der Waals surface area contributed by atoms with Gasteiger partial charge in [0.15, 0.2) is 0 Å². The van der Waals surface area contributed by atoms with E-state index in [-0.39, 0.29) is 6.23 Å². The van der Waals surface area contributed by atoms with E-state index in [1.54, 1.807) is 0 Å². The van der Waals surface area contributed by atoms with Crippen molar-refractivity contribution in [2.24, 2.45) is 0 Å². The summed E-state index contributed by atoms with van der Waals surface area (Å²) in [5.74, 6) is 0. The second kappa shape index (κ2) is 4.73. The topological polar surface area (TPSA) is 21.7 Å². The molecular weight excluding hydrogens is 178 g/mol. The van der Waals surface area contributed by atoms with Crippen molar-refractivity contribution in [3.8, 4) is 0 Å². The minimum Gasteiger partial charge on any atom is -0.379 e. The smallest absolute Gasteiger partial charge is 0.130 e. The Labute approximate surface area is 85.0 Å². The molecule has 2 aliphatic rings. The van der Waals surface area contributed by atoms with Gasteiger partial charge in [0.05, 0.1) is 19.8 Å². The molecule has 3 nitrogen and oxygen atoms in total. The zero-order valence-corrected chi connectivity index (χ0v) is 8.45. The van der Waals surface area contributed by atoms with Crippen LogP contribution in [0.25, 0.3) is 0 Å². The van der Waals surface area contributed by atoms with Gasteiger partial charge in [0.2, 0.25) is 0 Å². The second-order valence-electron chi connectivity index (χ2n) is 3.67. The molecule has 0 radical (unpaired) electrons. The summed E-state index contributed by atoms with van der Waals surface area (Å²) < 4.78 is 11.0. The standard InChI is InChI=1S/C11H17NO2/c1-2-3-10-8-11(14-9-10)12-4-6-13-7-5-12/h2,8,11H,1,3-7,9H2. The van der Waals surface area contributed by atoms with Gasteiger partial charge in [-0.25, -0.2) is 0 Å². The molecule has 0 bridgehead atoms. The molecule has 1 unspecified atom stereocenters. The normalized spacial score (nSPS) is 28.9. The molecular formula is C11H17NO2. The lowest BCUT2D eigenvalue weighted by atomic mass is 10.2. The molecule has 3 heteroatoms. The van der Waals surface area contributed by atoms with E-state index in [0.29, 0.717) is 0 Å². The molecule has 0 N–H and O–H groups in total. The molecule has 78 valence electrons. The van der Waals surface area contributed by atoms with Gasteiger partial charge < -0.3 is 9.47 Å². The number of hydrogen-bond acceptors (Lipinski definition) is 3. The third-order valence-corrected chi connectivity index (χ3v) is 2.63. The van der Waals surface area contributed by atoms with Gasteiger partial charge in [0.25, 0.3) is 0 Å². The van der Waals surface area contributed by atoms with Crippen LogP contribution < -0.4 is 0 Å². The first-order chi connectivity index (χ1) is 6.90. The minimum atomic E-state index is 0.175. The van der Waals surface area contributed by atoms with Crippen LogP contribution in [0.2, 0.25) is 0 Å². The van der Waals surface area contributed by atoms with Crippen molar-refractivity contribution in [3.63, 3.8) is 0 Å². The summed E-state index contributed by atoms with van der Waals surface area (Å²) >= 11 is 0. The van der Waals surface area contributed by atoms with Gasteiger partial charge >= 0.3 is 0 Å². The summed E-state index contributed by atoms with van der Waals surface area (Å²) in [6, 6.07) is 0. The molecule has 0 aromatic heterocycles. The molecule has 0 amide bonds. The molecule has 0 aromatic rings. The SMILES string of the molecule is C=CCC1=CC(N2CCOCC2)OC1. The van der Waals surface area contributed by atoms with E-state index in [1.807, 2.05) is 6.08 Å². The lowest BCUT2D eigenvalue weighted by Gasteiger charge is -2.30. The Bertz CT molecular complexity index is 231. The quantitative estimate of drug-likeness (QED) is 0.631. The van der Waals surface area contributed by atoms with Gasteiger partial charge in [0, 0.05) is 13.1 Å². The zero-order chi connectivity index (χ0) is 9.80. The largest absolute Gasteiger partial charge is 0.379 e. The number of morpholine rings is 1. The molecule has 2 aliphatic heterocycles. The number of nitrogens with zero attached hydrogens (tertiary/aromatic N) is 1. The number of hydrogen-bond donors (Lipinski definition) is 0. The van der Waals surface area contributed by atoms with E-state index < -0.39 is 0 Å². The van der Waals surface area contributed by atoms with E-state index in [2.05, 4.69) is 17.6 Å². The molecule has 0 spiro atoms. The van der Waals surface area contributed by atoms with E-state index in [9.17, 15) is 0 Å². The third kappa shape index (κ3) is 2.23. The third-order valence-electron chi connectivity index (χ3n) is 2.63. The minimum absolute atomic E-state index is 0.175. The Kier molecular flexibility index (Phi) is 3.35. The first-order valence-electron chi connectivity index (χ1n) is 5.14. The first kappa shape index (κ1) is 9.90. The van der Waals surface area contributed by atoms with Gasteiger partial charge in [-0.2, -0.15) is 0 Å². The summed E-state index contributed by atoms with van der Waals surface area (Å²) in [6.45, 7) is 8.09. The molecule has 1 saturated heterocycles. The summed E-state index contributed by atoms with van der Waals surface area (Å²) in [5, 5.41) is 0. The lowest BCUT2D eigenvalue weighted by Crippen LogP contribution is -2.42. The van der Waals surface area contributed by atoms with Crippen LogP contribution in [0.4, 0.5) is 0 Å². The van der Waals surface area contributed by atoms with Crippen LogP contribution in [0.1, 0.15) is 6.42 Å². The van der Waals surface area contributed by atoms with Crippen molar-refractivity contribution < 1.29 is 9.47 Å². The fraction of sp³-hybridized carbons (Fsp3) is 0.636. The van der Waals surface area contributed by atoms with Crippen LogP contribution in [0.5, 0.6) is 0 Å². The second-order valence-corrected chi connectivity index (χ2v) is 3.67. The van der Waals surface area contributed by atoms with Crippen LogP contribution in [-0.2, 0) is 9.47 Å². The van der Waals surface area contributed by atoms with Crippen molar-refractivity contribution in [1.82, 2.24) is 4.90 Å². The first-order valence-corrected chi connectivity index (χ1v) is 5.14. The molecule has 0 aromatic carbocycles. The Morgan fingerprint density at radius 2 is 2.29 bits per heavy atom. The zero-order valence-electron chi connectivity index (χ0n) is 8.45. The van der Waals surface area contributed by atoms with Crippen molar-refractivity contribution in [1.29, 1.82) is 0 Å². The number of ether oxygens (including phenoxy) is 2. The van der Waals surface area contributed by atoms with Crippen LogP contribution in [0.3, 0.4) is 0 Å². The molecule has 1 atom stereocenters. The highest BCUT2D eigenvalue weighted by Crippen LogP contribution is 2.18. The van der Waals surface area contributed by atoms with Gasteiger partial charge in [-0.3, -0.25) is 4.90 Å². The fourth-order valence-electron chi connectivity index (χ4n) is 1.85. The van der Waals surface area contributed by atoms with Gasteiger partial charge in [0.1, 0.15) is 6.23 Å². The van der Waals surface area contributed by atoms with E-state index in [0.717, 1.165) is 39.3 Å². The van der Waals surface area contributed by atoms with Crippen LogP contribution in [0.15, 0.2) is 24.3 Å². The predicted octanol–water partition coefficient (Wildman–Crippen LogP) is 1.18. The molecule has 14 heavy (non-hydrogen) atoms. The Balaban J connectivity index is 1.89. The summed E-state index contributed by atoms with van der Waals surface area (Å²) in [6.07, 6.45) is 5.26. The Hall–Kier alpha value is -0.640. The van der Waals surface area contributed by atoms with E-state index >= 15 is 0 Å². The average Bonchev–Trinajstić information content (AvgIpc) is 2.68. The maximum absolute atomic E-state index is 5.69. The van der Waals surface area contributed by atoms with Crippen molar-refractivity contribution in [2.75, 3.05) is 32.9 Å². The highest BCUT2D eigenvalue weighted by molar-refractivity contribution is 5.13. The van der Waals surface area contributed by atoms with Gasteiger partial charge in [-0.15, -0.1) is 6.58 Å². The van der Waals surface area contributed by atoms with E-state index in [4.69, 9.17) is 9.47 Å². The molecule has 0 aliphatic carbocycles. The molecule has 2 rings (SSSR count). The summed E-state index contributed by atoms with van der Waals surface area (Å²) in [4.78, 5) is 2.32. The summed E-state index contributed by atoms with van der Waals surface area (Å²) in [7, 11) is 0. The van der Waals surface area contributed by atoms with E-state index in [1.165, 1.54) is 5.57 Å². The van der Waals surface area contributed by atoms with Crippen molar-refractivity contribution in [3.05, 3.63) is 24.3 Å². The van der Waals surface area contributed by atoms with Crippen LogP contribution in [0, 0.1) is 0 Å². The molecule has 0 saturated carbocycles. The van der Waals surface area contributed by atoms with Crippen LogP contribution in [-0.4, -0.2) is 44.0 Å². The molecule has 1 fully saturated rings. The van der Waals surface area contributed by atoms with Gasteiger partial charge in [-0.05, 0) is 18.1 Å². The molecule has 2 heterocycles. The van der Waals surface area contributed by atoms with Gasteiger partial charge in [-0.1, -0.05) is 6.08 Å². The summed E-state index contributed by atoms with van der Waals surface area (Å²) in [5.41, 5.74) is 1.34. The van der Waals surface area contributed by atoms with Crippen molar-refractivity contribution in [2.45, 2.75) is 12.6 Å². The number of rotatable bonds is 3. The lowest BCUT2D eigenvalue weighted by molar-refractivity contribution is -0.0566. The Morgan fingerprint density at radius 3 is 3.00 bits per heavy atom. The highest BCUT2D eigenvalue weighted by atomic mass is 16.5.